The van der Waals surface area contributed by atoms with E-state index in [0.717, 1.165) is 0 Å². The summed E-state index contributed by atoms with van der Waals surface area (Å²) in [5, 5.41) is 0. The molecule has 2 rings (SSSR count). The third-order valence-electron chi connectivity index (χ3n) is 1.66. The van der Waals surface area contributed by atoms with Gasteiger partial charge in [0.15, 0.2) is 0 Å². The lowest BCUT2D eigenvalue weighted by molar-refractivity contribution is 1.67. The fraction of sp³-hybridized carbons (Fsp3) is 0. The van der Waals surface area contributed by atoms with E-state index in [4.69, 9.17) is 11.5 Å². The van der Waals surface area contributed by atoms with Gasteiger partial charge in [-0.05, 0) is 12.1 Å². The summed E-state index contributed by atoms with van der Waals surface area (Å²) in [6.07, 6.45) is 0. The van der Waals surface area contributed by atoms with E-state index in [2.05, 4.69) is 0 Å². The van der Waals surface area contributed by atoms with Crippen molar-refractivity contribution in [3.05, 3.63) is 60.7 Å². The lowest BCUT2D eigenvalue weighted by atomic mass is 10.3. The van der Waals surface area contributed by atoms with Crippen molar-refractivity contribution in [2.45, 2.75) is 0 Å². The van der Waals surface area contributed by atoms with Gasteiger partial charge in [-0.3, -0.25) is 0 Å². The lowest BCUT2D eigenvalue weighted by Gasteiger charge is -1.94. The molecule has 0 bridgehead atoms. The second-order valence-corrected chi connectivity index (χ2v) is 2.78. The number of hydrogen-bond acceptors (Lipinski definition) is 2. The largest absolute Gasteiger partial charge is 0.397 e. The molecular formula is C12H15ClN2. The second-order valence-electron chi connectivity index (χ2n) is 2.78. The highest BCUT2D eigenvalue weighted by Crippen LogP contribution is 2.10. The van der Waals surface area contributed by atoms with Crippen molar-refractivity contribution >= 4 is 23.8 Å². The number of nitrogen functional groups attached to an aromatic ring is 2. The number of rotatable bonds is 0. The van der Waals surface area contributed by atoms with Gasteiger partial charge in [0.1, 0.15) is 0 Å². The zero-order valence-electron chi connectivity index (χ0n) is 8.34. The van der Waals surface area contributed by atoms with Gasteiger partial charge in [-0.1, -0.05) is 48.5 Å². The molecule has 15 heavy (non-hydrogen) atoms. The van der Waals surface area contributed by atoms with Crippen molar-refractivity contribution in [1.29, 1.82) is 0 Å². The zero-order chi connectivity index (χ0) is 10.2. The molecule has 0 heterocycles. The number of halogens is 1. The first-order valence-corrected chi connectivity index (χ1v) is 4.40. The summed E-state index contributed by atoms with van der Waals surface area (Å²) in [5.74, 6) is 0. The minimum Gasteiger partial charge on any atom is -0.397 e. The molecule has 0 amide bonds. The molecule has 0 saturated carbocycles. The van der Waals surface area contributed by atoms with Crippen LogP contribution in [0.25, 0.3) is 0 Å². The van der Waals surface area contributed by atoms with Crippen LogP contribution in [-0.2, 0) is 0 Å². The predicted molar refractivity (Wildman–Crippen MR) is 69.0 cm³/mol. The molecule has 0 spiro atoms. The molecule has 0 aliphatic heterocycles. The fourth-order valence-electron chi connectivity index (χ4n) is 0.896. The first kappa shape index (κ1) is 13.3. The van der Waals surface area contributed by atoms with E-state index in [1.165, 1.54) is 0 Å². The Balaban J connectivity index is 0.000000253. The summed E-state index contributed by atoms with van der Waals surface area (Å²) in [7, 11) is 0. The van der Waals surface area contributed by atoms with Gasteiger partial charge in [0.2, 0.25) is 0 Å². The maximum Gasteiger partial charge on any atom is 0.0547 e. The summed E-state index contributed by atoms with van der Waals surface area (Å²) in [4.78, 5) is 0. The van der Waals surface area contributed by atoms with Gasteiger partial charge in [-0.15, -0.1) is 12.4 Å². The summed E-state index contributed by atoms with van der Waals surface area (Å²) in [5.41, 5.74) is 12.1. The molecule has 0 unspecified atom stereocenters. The van der Waals surface area contributed by atoms with Crippen LogP contribution in [0.1, 0.15) is 0 Å². The smallest absolute Gasteiger partial charge is 0.0547 e. The Kier molecular flexibility index (Phi) is 6.85. The summed E-state index contributed by atoms with van der Waals surface area (Å²) in [6, 6.07) is 19.3. The third-order valence-corrected chi connectivity index (χ3v) is 1.66. The van der Waals surface area contributed by atoms with Gasteiger partial charge in [0, 0.05) is 0 Å². The Labute approximate surface area is 96.3 Å². The van der Waals surface area contributed by atoms with Crippen LogP contribution in [0.5, 0.6) is 0 Å². The number of nitrogens with two attached hydrogens (primary N) is 2. The molecule has 0 aliphatic rings. The molecule has 0 aliphatic carbocycles. The first-order valence-electron chi connectivity index (χ1n) is 4.40. The topological polar surface area (TPSA) is 52.0 Å². The number of hydrogen-bond donors (Lipinski definition) is 2. The minimum absolute atomic E-state index is 0. The minimum atomic E-state index is 0. The molecular weight excluding hydrogens is 208 g/mol. The van der Waals surface area contributed by atoms with Crippen LogP contribution in [-0.4, -0.2) is 0 Å². The average Bonchev–Trinajstić information content (AvgIpc) is 2.26. The van der Waals surface area contributed by atoms with E-state index < -0.39 is 0 Å². The fourth-order valence-corrected chi connectivity index (χ4v) is 0.896. The van der Waals surface area contributed by atoms with Crippen molar-refractivity contribution in [1.82, 2.24) is 0 Å². The lowest BCUT2D eigenvalue weighted by Crippen LogP contribution is -1.91. The standard InChI is InChI=1S/C6H8N2.C6H6.ClH/c7-5-3-1-2-4-6(5)8;1-2-4-6-5-3-1;/h1-4H,7-8H2;1-6H;1H. The van der Waals surface area contributed by atoms with E-state index in [9.17, 15) is 0 Å². The predicted octanol–water partition coefficient (Wildman–Crippen LogP) is 2.96. The Morgan fingerprint density at radius 1 is 0.533 bits per heavy atom. The highest BCUT2D eigenvalue weighted by Gasteiger charge is 1.85. The summed E-state index contributed by atoms with van der Waals surface area (Å²) < 4.78 is 0. The van der Waals surface area contributed by atoms with Gasteiger partial charge in [0.05, 0.1) is 11.4 Å². The van der Waals surface area contributed by atoms with E-state index in [1.54, 1.807) is 12.1 Å². The highest BCUT2D eigenvalue weighted by molar-refractivity contribution is 5.85. The Bertz CT molecular complexity index is 315. The highest BCUT2D eigenvalue weighted by atomic mass is 35.5. The SMILES string of the molecule is Cl.Nc1ccccc1N.c1ccccc1. The van der Waals surface area contributed by atoms with Crippen molar-refractivity contribution in [3.63, 3.8) is 0 Å². The normalized spacial score (nSPS) is 8.00. The van der Waals surface area contributed by atoms with Gasteiger partial charge < -0.3 is 11.5 Å². The van der Waals surface area contributed by atoms with Crippen molar-refractivity contribution < 1.29 is 0 Å². The number of para-hydroxylation sites is 2. The molecule has 0 fully saturated rings. The van der Waals surface area contributed by atoms with E-state index in [1.807, 2.05) is 48.5 Å². The van der Waals surface area contributed by atoms with Crippen molar-refractivity contribution in [2.24, 2.45) is 0 Å². The maximum atomic E-state index is 5.39. The summed E-state index contributed by atoms with van der Waals surface area (Å²) in [6.45, 7) is 0. The van der Waals surface area contributed by atoms with Crippen LogP contribution in [0.15, 0.2) is 60.7 Å². The monoisotopic (exact) mass is 222 g/mol. The van der Waals surface area contributed by atoms with E-state index in [-0.39, 0.29) is 12.4 Å². The molecule has 0 atom stereocenters. The van der Waals surface area contributed by atoms with Gasteiger partial charge in [-0.2, -0.15) is 0 Å². The Hall–Kier alpha value is -1.67. The number of benzene rings is 2. The first-order chi connectivity index (χ1) is 6.80. The van der Waals surface area contributed by atoms with Crippen LogP contribution in [0, 0.1) is 0 Å². The number of anilines is 2. The average molecular weight is 223 g/mol. The zero-order valence-corrected chi connectivity index (χ0v) is 9.15. The van der Waals surface area contributed by atoms with Crippen LogP contribution >= 0.6 is 12.4 Å². The summed E-state index contributed by atoms with van der Waals surface area (Å²) >= 11 is 0. The molecule has 2 nitrogen and oxygen atoms in total. The van der Waals surface area contributed by atoms with Crippen LogP contribution < -0.4 is 11.5 Å². The van der Waals surface area contributed by atoms with Crippen LogP contribution in [0.3, 0.4) is 0 Å². The maximum absolute atomic E-state index is 5.39. The molecule has 80 valence electrons. The second kappa shape index (κ2) is 7.71. The van der Waals surface area contributed by atoms with E-state index in [0.29, 0.717) is 11.4 Å². The van der Waals surface area contributed by atoms with E-state index >= 15 is 0 Å². The van der Waals surface area contributed by atoms with Gasteiger partial charge in [0.25, 0.3) is 0 Å². The Morgan fingerprint density at radius 3 is 1.00 bits per heavy atom. The van der Waals surface area contributed by atoms with Crippen LogP contribution in [0.4, 0.5) is 11.4 Å². The van der Waals surface area contributed by atoms with Gasteiger partial charge in [-0.25, -0.2) is 0 Å². The quantitative estimate of drug-likeness (QED) is 0.674. The van der Waals surface area contributed by atoms with Gasteiger partial charge >= 0.3 is 0 Å². The molecule has 0 radical (unpaired) electrons. The molecule has 3 heteroatoms. The molecule has 4 N–H and O–H groups in total. The van der Waals surface area contributed by atoms with Crippen LogP contribution in [0.2, 0.25) is 0 Å². The van der Waals surface area contributed by atoms with Crippen molar-refractivity contribution in [2.75, 3.05) is 11.5 Å². The molecule has 0 aromatic heterocycles. The van der Waals surface area contributed by atoms with Crippen molar-refractivity contribution in [3.8, 4) is 0 Å². The Morgan fingerprint density at radius 2 is 0.800 bits per heavy atom. The molecule has 0 saturated heterocycles. The third kappa shape index (κ3) is 5.60. The molecule has 2 aromatic carbocycles. The molecule has 2 aromatic rings.